The predicted octanol–water partition coefficient (Wildman–Crippen LogP) is 3.77. The van der Waals surface area contributed by atoms with Crippen LogP contribution >= 0.6 is 0 Å². The Kier molecular flexibility index (Phi) is 3.43. The number of carboxylic acids is 3. The lowest BCUT2D eigenvalue weighted by atomic mass is 9.59. The van der Waals surface area contributed by atoms with Gasteiger partial charge in [0.25, 0.3) is 0 Å². The number of carbonyl (C=O) groups is 3. The molecule has 6 heteroatoms. The van der Waals surface area contributed by atoms with Gasteiger partial charge in [-0.05, 0) is 57.6 Å². The van der Waals surface area contributed by atoms with Crippen molar-refractivity contribution in [2.75, 3.05) is 0 Å². The van der Waals surface area contributed by atoms with Crippen molar-refractivity contribution in [1.82, 2.24) is 0 Å². The highest BCUT2D eigenvalue weighted by molar-refractivity contribution is 5.96. The van der Waals surface area contributed by atoms with Crippen LogP contribution < -0.4 is 0 Å². The SMILES string of the molecule is O=C(O)c1ccc2c(c1)C1c3cccc(C(=O)O)c3C2c2c(C(=O)O)cccc21. The van der Waals surface area contributed by atoms with E-state index in [0.29, 0.717) is 11.1 Å². The second-order valence-electron chi connectivity index (χ2n) is 7.24. The van der Waals surface area contributed by atoms with E-state index in [1.165, 1.54) is 18.2 Å². The van der Waals surface area contributed by atoms with Crippen molar-refractivity contribution in [3.05, 3.63) is 105 Å². The molecule has 0 saturated carbocycles. The average Bonchev–Trinajstić information content (AvgIpc) is 2.71. The number of hydrogen-bond acceptors (Lipinski definition) is 3. The van der Waals surface area contributed by atoms with E-state index in [1.54, 1.807) is 24.3 Å². The zero-order chi connectivity index (χ0) is 20.4. The summed E-state index contributed by atoms with van der Waals surface area (Å²) in [6, 6.07) is 14.8. The third-order valence-electron chi connectivity index (χ3n) is 5.90. The lowest BCUT2D eigenvalue weighted by molar-refractivity contribution is 0.0685. The zero-order valence-electron chi connectivity index (χ0n) is 14.9. The Bertz CT molecular complexity index is 1190. The minimum Gasteiger partial charge on any atom is -0.478 e. The van der Waals surface area contributed by atoms with Gasteiger partial charge in [-0.15, -0.1) is 0 Å². The van der Waals surface area contributed by atoms with Crippen molar-refractivity contribution in [3.63, 3.8) is 0 Å². The lowest BCUT2D eigenvalue weighted by Gasteiger charge is -2.43. The Hall–Kier alpha value is -3.93. The molecule has 0 amide bonds. The first-order valence-electron chi connectivity index (χ1n) is 8.99. The standard InChI is InChI=1S/C23H14O6/c24-21(25)10-7-8-11-16(9-10)17-12-3-1-5-14(22(26)27)18(12)20(11)19-13(17)4-2-6-15(19)23(28)29/h1-9,17,20H,(H,24,25)(H,26,27)(H,28,29). The topological polar surface area (TPSA) is 112 Å². The van der Waals surface area contributed by atoms with E-state index < -0.39 is 29.7 Å². The largest absolute Gasteiger partial charge is 0.478 e. The maximum absolute atomic E-state index is 11.9. The van der Waals surface area contributed by atoms with Crippen molar-refractivity contribution >= 4 is 17.9 Å². The second kappa shape index (κ2) is 5.78. The van der Waals surface area contributed by atoms with E-state index in [2.05, 4.69) is 0 Å². The zero-order valence-corrected chi connectivity index (χ0v) is 14.9. The van der Waals surface area contributed by atoms with E-state index in [4.69, 9.17) is 0 Å². The van der Waals surface area contributed by atoms with Crippen LogP contribution in [0.3, 0.4) is 0 Å². The lowest BCUT2D eigenvalue weighted by Crippen LogP contribution is -2.31. The molecule has 2 bridgehead atoms. The fourth-order valence-electron chi connectivity index (χ4n) is 4.87. The van der Waals surface area contributed by atoms with Gasteiger partial charge in [-0.1, -0.05) is 30.3 Å². The third-order valence-corrected chi connectivity index (χ3v) is 5.90. The summed E-state index contributed by atoms with van der Waals surface area (Å²) in [5, 5.41) is 29.0. The molecule has 142 valence electrons. The minimum absolute atomic E-state index is 0.135. The molecule has 0 aliphatic heterocycles. The summed E-state index contributed by atoms with van der Waals surface area (Å²) in [4.78, 5) is 35.4. The van der Waals surface area contributed by atoms with Gasteiger partial charge >= 0.3 is 17.9 Å². The molecule has 3 aromatic carbocycles. The van der Waals surface area contributed by atoms with Crippen LogP contribution in [0, 0.1) is 0 Å². The van der Waals surface area contributed by atoms with Crippen LogP contribution in [0.25, 0.3) is 0 Å². The maximum Gasteiger partial charge on any atom is 0.336 e. The molecule has 3 N–H and O–H groups in total. The van der Waals surface area contributed by atoms with E-state index in [-0.39, 0.29) is 16.7 Å². The Morgan fingerprint density at radius 1 is 0.586 bits per heavy atom. The third kappa shape index (κ3) is 2.20. The highest BCUT2D eigenvalue weighted by Gasteiger charge is 2.45. The number of rotatable bonds is 3. The minimum atomic E-state index is -1.08. The van der Waals surface area contributed by atoms with Crippen LogP contribution in [0.1, 0.15) is 76.3 Å². The van der Waals surface area contributed by atoms with Gasteiger partial charge in [0.1, 0.15) is 0 Å². The maximum atomic E-state index is 11.9. The molecule has 0 saturated heterocycles. The number of carboxylic acid groups (broad SMARTS) is 3. The first-order valence-corrected chi connectivity index (χ1v) is 8.99. The molecular weight excluding hydrogens is 372 g/mol. The number of aromatic carboxylic acids is 3. The molecule has 3 aliphatic carbocycles. The normalized spacial score (nSPS) is 17.8. The van der Waals surface area contributed by atoms with Crippen molar-refractivity contribution in [2.24, 2.45) is 0 Å². The summed E-state index contributed by atoms with van der Waals surface area (Å²) in [6.07, 6.45) is 0. The molecule has 6 nitrogen and oxygen atoms in total. The Morgan fingerprint density at radius 3 is 1.62 bits per heavy atom. The molecule has 0 fully saturated rings. The summed E-state index contributed by atoms with van der Waals surface area (Å²) >= 11 is 0. The predicted molar refractivity (Wildman–Crippen MR) is 102 cm³/mol. The van der Waals surface area contributed by atoms with Gasteiger partial charge in [0.15, 0.2) is 0 Å². The summed E-state index contributed by atoms with van der Waals surface area (Å²) in [5.74, 6) is -4.20. The highest BCUT2D eigenvalue weighted by atomic mass is 16.4. The van der Waals surface area contributed by atoms with Gasteiger partial charge in [0.05, 0.1) is 16.7 Å². The fraction of sp³-hybridized carbons (Fsp3) is 0.0870. The van der Waals surface area contributed by atoms with Crippen molar-refractivity contribution in [1.29, 1.82) is 0 Å². The van der Waals surface area contributed by atoms with Crippen molar-refractivity contribution in [2.45, 2.75) is 11.8 Å². The summed E-state index contributed by atoms with van der Waals surface area (Å²) in [7, 11) is 0. The molecule has 0 radical (unpaired) electrons. The van der Waals surface area contributed by atoms with E-state index in [0.717, 1.165) is 22.3 Å². The number of hydrogen-bond donors (Lipinski definition) is 3. The summed E-state index contributed by atoms with van der Waals surface area (Å²) < 4.78 is 0. The van der Waals surface area contributed by atoms with E-state index in [1.807, 2.05) is 12.1 Å². The second-order valence-corrected chi connectivity index (χ2v) is 7.24. The Labute approximate surface area is 164 Å². The highest BCUT2D eigenvalue weighted by Crippen LogP contribution is 2.57. The van der Waals surface area contributed by atoms with Crippen LogP contribution in [-0.4, -0.2) is 33.2 Å². The van der Waals surface area contributed by atoms with Crippen molar-refractivity contribution < 1.29 is 29.7 Å². The van der Waals surface area contributed by atoms with Crippen LogP contribution in [0.15, 0.2) is 54.6 Å². The number of benzene rings is 3. The van der Waals surface area contributed by atoms with Crippen LogP contribution in [0.4, 0.5) is 0 Å². The average molecular weight is 386 g/mol. The molecular formula is C23H14O6. The van der Waals surface area contributed by atoms with Gasteiger partial charge in [0, 0.05) is 11.8 Å². The Balaban J connectivity index is 1.91. The van der Waals surface area contributed by atoms with Gasteiger partial charge < -0.3 is 15.3 Å². The van der Waals surface area contributed by atoms with Gasteiger partial charge in [0.2, 0.25) is 0 Å². The fourth-order valence-corrected chi connectivity index (χ4v) is 4.87. The van der Waals surface area contributed by atoms with E-state index in [9.17, 15) is 29.7 Å². The summed E-state index contributed by atoms with van der Waals surface area (Å²) in [5.41, 5.74) is 4.67. The molecule has 0 aromatic heterocycles. The van der Waals surface area contributed by atoms with Crippen LogP contribution in [0.2, 0.25) is 0 Å². The molecule has 0 heterocycles. The first kappa shape index (κ1) is 17.2. The van der Waals surface area contributed by atoms with Crippen LogP contribution in [0.5, 0.6) is 0 Å². The Morgan fingerprint density at radius 2 is 1.14 bits per heavy atom. The first-order chi connectivity index (χ1) is 13.9. The summed E-state index contributed by atoms with van der Waals surface area (Å²) in [6.45, 7) is 0. The molecule has 6 rings (SSSR count). The molecule has 0 spiro atoms. The molecule has 0 unspecified atom stereocenters. The molecule has 3 aliphatic rings. The van der Waals surface area contributed by atoms with E-state index >= 15 is 0 Å². The van der Waals surface area contributed by atoms with Crippen molar-refractivity contribution in [3.8, 4) is 0 Å². The smallest absolute Gasteiger partial charge is 0.336 e. The molecule has 3 aromatic rings. The van der Waals surface area contributed by atoms with Crippen LogP contribution in [-0.2, 0) is 0 Å². The van der Waals surface area contributed by atoms with Gasteiger partial charge in [-0.25, -0.2) is 14.4 Å². The van der Waals surface area contributed by atoms with Gasteiger partial charge in [-0.3, -0.25) is 0 Å². The molecule has 29 heavy (non-hydrogen) atoms. The van der Waals surface area contributed by atoms with Gasteiger partial charge in [-0.2, -0.15) is 0 Å². The molecule has 0 atom stereocenters. The quantitative estimate of drug-likeness (QED) is 0.435. The monoisotopic (exact) mass is 386 g/mol.